The van der Waals surface area contributed by atoms with E-state index in [-0.39, 0.29) is 13.2 Å². The number of nitrogens with one attached hydrogen (secondary N) is 2. The first-order valence-electron chi connectivity index (χ1n) is 9.51. The molecule has 1 amide bonds. The number of para-hydroxylation sites is 1. The van der Waals surface area contributed by atoms with E-state index in [0.717, 1.165) is 11.1 Å². The van der Waals surface area contributed by atoms with Gasteiger partial charge in [0.2, 0.25) is 0 Å². The maximum atomic E-state index is 12.1. The third-order valence-electron chi connectivity index (χ3n) is 4.20. The molecule has 0 unspecified atom stereocenters. The highest BCUT2D eigenvalue weighted by atomic mass is 16.5. The number of amides is 1. The number of H-pyrrole nitrogens is 1. The lowest BCUT2D eigenvalue weighted by Gasteiger charge is -2.13. The summed E-state index contributed by atoms with van der Waals surface area (Å²) in [5.74, 6) is 0.182. The van der Waals surface area contributed by atoms with Gasteiger partial charge in [-0.05, 0) is 48.9 Å². The van der Waals surface area contributed by atoms with Crippen molar-refractivity contribution >= 4 is 18.1 Å². The number of carbonyl (C=O) groups excluding carboxylic acids is 2. The Morgan fingerprint density at radius 2 is 2.00 bits per heavy atom. The Morgan fingerprint density at radius 3 is 2.74 bits per heavy atom. The topological polar surface area (TPSA) is 115 Å². The van der Waals surface area contributed by atoms with E-state index < -0.39 is 11.9 Å². The van der Waals surface area contributed by atoms with E-state index in [2.05, 4.69) is 20.7 Å². The molecule has 3 rings (SSSR count). The standard InChI is InChI=1S/C22H22N4O5/c1-3-30-22(28)17-6-4-5-7-20(17)31-14-16-12-15(8-9-19(16)29-2)13-24-26-21(27)18-10-11-23-25-18/h4-13H,3,14H2,1-2H3,(H,23,25)(H,26,27)/b24-13-. The van der Waals surface area contributed by atoms with Crippen molar-refractivity contribution in [2.75, 3.05) is 13.7 Å². The Balaban J connectivity index is 1.71. The molecule has 1 aromatic heterocycles. The Hall–Kier alpha value is -4.14. The second-order valence-corrected chi connectivity index (χ2v) is 6.25. The molecule has 0 spiro atoms. The summed E-state index contributed by atoms with van der Waals surface area (Å²) in [5.41, 5.74) is 4.54. The summed E-state index contributed by atoms with van der Waals surface area (Å²) in [5, 5.41) is 10.2. The van der Waals surface area contributed by atoms with E-state index >= 15 is 0 Å². The van der Waals surface area contributed by atoms with Crippen LogP contribution in [0.3, 0.4) is 0 Å². The molecular formula is C22H22N4O5. The molecule has 0 radical (unpaired) electrons. The highest BCUT2D eigenvalue weighted by Crippen LogP contribution is 2.24. The first kappa shape index (κ1) is 21.6. The molecule has 2 aromatic carbocycles. The Labute approximate surface area is 179 Å². The number of aromatic nitrogens is 2. The van der Waals surface area contributed by atoms with Crippen molar-refractivity contribution < 1.29 is 23.8 Å². The molecule has 0 atom stereocenters. The molecule has 0 aliphatic carbocycles. The van der Waals surface area contributed by atoms with Gasteiger partial charge in [0.25, 0.3) is 5.91 Å². The highest BCUT2D eigenvalue weighted by molar-refractivity contribution is 5.93. The first-order chi connectivity index (χ1) is 15.1. The van der Waals surface area contributed by atoms with Crippen molar-refractivity contribution in [1.82, 2.24) is 15.6 Å². The van der Waals surface area contributed by atoms with Crippen molar-refractivity contribution in [2.45, 2.75) is 13.5 Å². The van der Waals surface area contributed by atoms with Gasteiger partial charge in [-0.25, -0.2) is 10.2 Å². The third kappa shape index (κ3) is 5.69. The van der Waals surface area contributed by atoms with Crippen molar-refractivity contribution in [3.05, 3.63) is 77.1 Å². The molecule has 1 heterocycles. The summed E-state index contributed by atoms with van der Waals surface area (Å²) in [6, 6.07) is 13.8. The normalized spacial score (nSPS) is 10.6. The lowest BCUT2D eigenvalue weighted by molar-refractivity contribution is 0.0521. The minimum absolute atomic E-state index is 0.155. The van der Waals surface area contributed by atoms with Crippen LogP contribution in [0.4, 0.5) is 0 Å². The van der Waals surface area contributed by atoms with Crippen LogP contribution in [-0.2, 0) is 11.3 Å². The van der Waals surface area contributed by atoms with Gasteiger partial charge in [0.1, 0.15) is 29.4 Å². The van der Waals surface area contributed by atoms with Crippen LogP contribution in [0.2, 0.25) is 0 Å². The van der Waals surface area contributed by atoms with Crippen molar-refractivity contribution in [3.8, 4) is 11.5 Å². The monoisotopic (exact) mass is 422 g/mol. The molecular weight excluding hydrogens is 400 g/mol. The van der Waals surface area contributed by atoms with Gasteiger partial charge in [-0.2, -0.15) is 10.2 Å². The number of hydrogen-bond acceptors (Lipinski definition) is 7. The van der Waals surface area contributed by atoms with Gasteiger partial charge in [0.15, 0.2) is 0 Å². The number of esters is 1. The molecule has 0 saturated carbocycles. The summed E-state index contributed by atoms with van der Waals surface area (Å²) in [6.07, 6.45) is 2.98. The summed E-state index contributed by atoms with van der Waals surface area (Å²) in [6.45, 7) is 2.18. The Bertz CT molecular complexity index is 1060. The van der Waals surface area contributed by atoms with Crippen molar-refractivity contribution in [3.63, 3.8) is 0 Å². The number of benzene rings is 2. The average molecular weight is 422 g/mol. The number of nitrogens with zero attached hydrogens (tertiary/aromatic N) is 2. The minimum Gasteiger partial charge on any atom is -0.496 e. The summed E-state index contributed by atoms with van der Waals surface area (Å²) < 4.78 is 16.3. The van der Waals surface area contributed by atoms with E-state index in [1.54, 1.807) is 56.5 Å². The van der Waals surface area contributed by atoms with Gasteiger partial charge in [-0.1, -0.05) is 12.1 Å². The van der Waals surface area contributed by atoms with E-state index in [4.69, 9.17) is 14.2 Å². The fourth-order valence-electron chi connectivity index (χ4n) is 2.73. The molecule has 0 fully saturated rings. The zero-order valence-electron chi connectivity index (χ0n) is 17.1. The van der Waals surface area contributed by atoms with Crippen LogP contribution in [0.25, 0.3) is 0 Å². The number of ether oxygens (including phenoxy) is 3. The van der Waals surface area contributed by atoms with Crippen molar-refractivity contribution in [2.24, 2.45) is 5.10 Å². The smallest absolute Gasteiger partial charge is 0.341 e. The number of carbonyl (C=O) groups is 2. The Kier molecular flexibility index (Phi) is 7.36. The molecule has 9 heteroatoms. The predicted molar refractivity (Wildman–Crippen MR) is 113 cm³/mol. The van der Waals surface area contributed by atoms with Crippen LogP contribution in [0.15, 0.2) is 59.8 Å². The van der Waals surface area contributed by atoms with Gasteiger partial charge in [-0.3, -0.25) is 9.89 Å². The Morgan fingerprint density at radius 1 is 1.16 bits per heavy atom. The van der Waals surface area contributed by atoms with E-state index in [1.807, 2.05) is 6.07 Å². The first-order valence-corrected chi connectivity index (χ1v) is 9.51. The number of aromatic amines is 1. The number of methoxy groups -OCH3 is 1. The number of rotatable bonds is 9. The van der Waals surface area contributed by atoms with Crippen LogP contribution in [0.1, 0.15) is 38.9 Å². The lowest BCUT2D eigenvalue weighted by atomic mass is 10.1. The van der Waals surface area contributed by atoms with E-state index in [0.29, 0.717) is 22.8 Å². The van der Waals surface area contributed by atoms with Crippen LogP contribution >= 0.6 is 0 Å². The van der Waals surface area contributed by atoms with Crippen molar-refractivity contribution in [1.29, 1.82) is 0 Å². The maximum Gasteiger partial charge on any atom is 0.341 e. The molecule has 31 heavy (non-hydrogen) atoms. The van der Waals surface area contributed by atoms with Gasteiger partial charge < -0.3 is 14.2 Å². The maximum absolute atomic E-state index is 12.1. The lowest BCUT2D eigenvalue weighted by Crippen LogP contribution is -2.18. The van der Waals surface area contributed by atoms with Gasteiger partial charge in [0, 0.05) is 11.8 Å². The van der Waals surface area contributed by atoms with E-state index in [1.165, 1.54) is 12.4 Å². The SMILES string of the molecule is CCOC(=O)c1ccccc1OCc1cc(/C=N\NC(=O)c2ccn[nH]2)ccc1OC. The van der Waals surface area contributed by atoms with Crippen LogP contribution < -0.4 is 14.9 Å². The van der Waals surface area contributed by atoms with Crippen LogP contribution in [-0.4, -0.2) is 42.0 Å². The molecule has 160 valence electrons. The zero-order valence-corrected chi connectivity index (χ0v) is 17.1. The largest absolute Gasteiger partial charge is 0.496 e. The summed E-state index contributed by atoms with van der Waals surface area (Å²) in [4.78, 5) is 24.0. The highest BCUT2D eigenvalue weighted by Gasteiger charge is 2.14. The second-order valence-electron chi connectivity index (χ2n) is 6.25. The average Bonchev–Trinajstić information content (AvgIpc) is 3.33. The molecule has 0 bridgehead atoms. The quantitative estimate of drug-likeness (QED) is 0.311. The fourth-order valence-corrected chi connectivity index (χ4v) is 2.73. The minimum atomic E-state index is -0.445. The predicted octanol–water partition coefficient (Wildman–Crippen LogP) is 2.94. The zero-order chi connectivity index (χ0) is 22.1. The van der Waals surface area contributed by atoms with Gasteiger partial charge >= 0.3 is 5.97 Å². The molecule has 0 saturated heterocycles. The molecule has 0 aliphatic heterocycles. The summed E-state index contributed by atoms with van der Waals surface area (Å²) in [7, 11) is 1.56. The van der Waals surface area contributed by atoms with Crippen LogP contribution in [0, 0.1) is 0 Å². The molecule has 9 nitrogen and oxygen atoms in total. The third-order valence-corrected chi connectivity index (χ3v) is 4.20. The molecule has 3 aromatic rings. The molecule has 2 N–H and O–H groups in total. The van der Waals surface area contributed by atoms with Gasteiger partial charge in [0.05, 0.1) is 19.9 Å². The van der Waals surface area contributed by atoms with Crippen LogP contribution in [0.5, 0.6) is 11.5 Å². The fraction of sp³-hybridized carbons (Fsp3) is 0.182. The second kappa shape index (κ2) is 10.6. The molecule has 0 aliphatic rings. The number of hydrogen-bond donors (Lipinski definition) is 2. The van der Waals surface area contributed by atoms with E-state index in [9.17, 15) is 9.59 Å². The summed E-state index contributed by atoms with van der Waals surface area (Å²) >= 11 is 0. The van der Waals surface area contributed by atoms with Gasteiger partial charge in [-0.15, -0.1) is 0 Å². The number of hydrazone groups is 1.